The summed E-state index contributed by atoms with van der Waals surface area (Å²) >= 11 is 0. The average molecular weight is 1120 g/mol. The van der Waals surface area contributed by atoms with E-state index in [1.54, 1.807) is 0 Å². The van der Waals surface area contributed by atoms with E-state index in [2.05, 4.69) is 72.4 Å². The zero-order valence-corrected chi connectivity index (χ0v) is 51.3. The van der Waals surface area contributed by atoms with Gasteiger partial charge in [-0.25, -0.2) is 70.3 Å². The van der Waals surface area contributed by atoms with E-state index < -0.39 is 41.4 Å². The lowest BCUT2D eigenvalue weighted by Crippen LogP contribution is -2.55. The van der Waals surface area contributed by atoms with Crippen molar-refractivity contribution >= 4 is 39.5 Å². The minimum Gasteiger partial charge on any atom is -0.351 e. The van der Waals surface area contributed by atoms with Gasteiger partial charge in [-0.1, -0.05) is 0 Å². The number of nitrogens with zero attached hydrogens (tertiary/aromatic N) is 16. The molecule has 422 valence electrons. The molecular formula is C52H103N16OP5. The third-order valence-corrected chi connectivity index (χ3v) is 36.5. The highest BCUT2D eigenvalue weighted by Gasteiger charge is 2.61. The monoisotopic (exact) mass is 1120 g/mol. The molecule has 0 aromatic carbocycles. The van der Waals surface area contributed by atoms with E-state index in [9.17, 15) is 0 Å². The Labute approximate surface area is 453 Å². The lowest BCUT2D eigenvalue weighted by Gasteiger charge is -2.54. The maximum Gasteiger partial charge on any atom is 0.282 e. The maximum atomic E-state index is 7.78. The molecule has 0 N–H and O–H groups in total. The largest absolute Gasteiger partial charge is 0.351 e. The standard InChI is InChI=1S/C52H103N16OP5/c1-51(69-70,50-53-71(57-26-2-3-27-57,58-28-4-5-29-58)59-30-6-7-31-59)52(54-72(60-32-8-9-33-60,61-34-10-11-35-61)62-36-12-13-37-62,55-73(63-38-14-15-39-63,64-40-16-17-41-64)65-42-18-19-43-65)56-74(66-44-20-21-45-66,67-46-22-23-47-67)68-48-24-25-49-68/h2-50,70H2,1H3. The van der Waals surface area contributed by atoms with E-state index in [1.807, 2.05) is 0 Å². The quantitative estimate of drug-likeness (QED) is 0.115. The third-order valence-electron chi connectivity index (χ3n) is 19.9. The Morgan fingerprint density at radius 1 is 0.284 bits per heavy atom. The Balaban J connectivity index is 1.26. The normalized spacial score (nSPS) is 29.7. The number of hydrogen-bond acceptors (Lipinski definition) is 5. The Morgan fingerprint density at radius 3 is 0.581 bits per heavy atom. The first-order chi connectivity index (χ1) is 36.4. The van der Waals surface area contributed by atoms with Crippen molar-refractivity contribution in [2.24, 2.45) is 19.0 Å². The fourth-order valence-electron chi connectivity index (χ4n) is 16.0. The van der Waals surface area contributed by atoms with Crippen molar-refractivity contribution in [3.8, 4) is 0 Å². The van der Waals surface area contributed by atoms with E-state index in [0.717, 1.165) is 157 Å². The van der Waals surface area contributed by atoms with Crippen LogP contribution in [0.3, 0.4) is 0 Å². The number of hydrogen-bond donors (Lipinski definition) is 0. The molecule has 12 fully saturated rings. The van der Waals surface area contributed by atoms with Crippen LogP contribution in [0.2, 0.25) is 0 Å². The molecule has 0 aromatic rings. The molecule has 74 heavy (non-hydrogen) atoms. The SMILES string of the molecule is CC(CN=P(N1CCCC1)(N1CCCC1)N1CCCC1)(OP)C(N=P(N1CCCC1)(N1CCCC1)N1CCCC1)(N=P(N1CCCC1)(N1CCCC1)N1CCCC1)N=P(N1CCCC1)(N1CCCC1)N1CCCC1. The fourth-order valence-corrected chi connectivity index (χ4v) is 34.7. The van der Waals surface area contributed by atoms with Gasteiger partial charge in [0.15, 0.2) is 35.6 Å². The van der Waals surface area contributed by atoms with Gasteiger partial charge in [-0.15, -0.1) is 0 Å². The van der Waals surface area contributed by atoms with Gasteiger partial charge in [0.05, 0.1) is 6.54 Å². The Morgan fingerprint density at radius 2 is 0.432 bits per heavy atom. The fraction of sp³-hybridized carbons (Fsp3) is 1.00. The topological polar surface area (TPSA) is 97.5 Å². The lowest BCUT2D eigenvalue weighted by atomic mass is 9.99. The van der Waals surface area contributed by atoms with Gasteiger partial charge in [0.2, 0.25) is 0 Å². The molecule has 0 aliphatic carbocycles. The van der Waals surface area contributed by atoms with Crippen molar-refractivity contribution < 1.29 is 4.52 Å². The molecule has 12 heterocycles. The van der Waals surface area contributed by atoms with Gasteiger partial charge in [0.1, 0.15) is 0 Å². The van der Waals surface area contributed by atoms with Crippen molar-refractivity contribution in [3.05, 3.63) is 0 Å². The second kappa shape index (κ2) is 24.3. The predicted molar refractivity (Wildman–Crippen MR) is 314 cm³/mol. The van der Waals surface area contributed by atoms with Crippen LogP contribution in [0.1, 0.15) is 161 Å². The minimum absolute atomic E-state index is 0.546. The molecule has 0 amide bonds. The summed E-state index contributed by atoms with van der Waals surface area (Å²) in [6.45, 7) is 30.1. The van der Waals surface area contributed by atoms with Crippen LogP contribution < -0.4 is 0 Å². The molecule has 0 saturated carbocycles. The van der Waals surface area contributed by atoms with Crippen LogP contribution >= 0.6 is 39.5 Å². The highest BCUT2D eigenvalue weighted by atomic mass is 31.2. The predicted octanol–water partition coefficient (Wildman–Crippen LogP) is 11.1. The Hall–Kier alpha value is 0.830. The minimum atomic E-state index is -2.65. The molecule has 12 saturated heterocycles. The summed E-state index contributed by atoms with van der Waals surface area (Å²) in [5.74, 6) is -1.28. The van der Waals surface area contributed by atoms with Crippen LogP contribution in [-0.4, -0.2) is 231 Å². The first-order valence-corrected chi connectivity index (χ1v) is 38.2. The summed E-state index contributed by atoms with van der Waals surface area (Å²) in [5.41, 5.74) is -0.999. The second-order valence-corrected chi connectivity index (χ2v) is 36.9. The van der Waals surface area contributed by atoms with Crippen molar-refractivity contribution in [3.63, 3.8) is 0 Å². The first-order valence-electron chi connectivity index (χ1n) is 31.3. The molecular weight excluding hydrogens is 1020 g/mol. The van der Waals surface area contributed by atoms with Gasteiger partial charge in [0, 0.05) is 167 Å². The highest BCUT2D eigenvalue weighted by Crippen LogP contribution is 2.74. The first kappa shape index (κ1) is 55.4. The molecule has 0 aromatic heterocycles. The molecule has 0 spiro atoms. The second-order valence-electron chi connectivity index (χ2n) is 24.7. The third kappa shape index (κ3) is 10.0. The lowest BCUT2D eigenvalue weighted by molar-refractivity contribution is 0.0407. The van der Waals surface area contributed by atoms with Gasteiger partial charge >= 0.3 is 0 Å². The summed E-state index contributed by atoms with van der Waals surface area (Å²) in [6.07, 6.45) is 30.2. The van der Waals surface area contributed by atoms with E-state index in [4.69, 9.17) is 23.5 Å². The van der Waals surface area contributed by atoms with Crippen LogP contribution in [0.5, 0.6) is 0 Å². The van der Waals surface area contributed by atoms with Gasteiger partial charge in [-0.2, -0.15) is 0 Å². The van der Waals surface area contributed by atoms with Crippen LogP contribution in [0, 0.1) is 0 Å². The van der Waals surface area contributed by atoms with Crippen molar-refractivity contribution in [1.82, 2.24) is 56.0 Å². The smallest absolute Gasteiger partial charge is 0.282 e. The molecule has 2 atom stereocenters. The van der Waals surface area contributed by atoms with E-state index in [-0.39, 0.29) is 0 Å². The van der Waals surface area contributed by atoms with Crippen molar-refractivity contribution in [2.75, 3.05) is 164 Å². The Bertz CT molecular complexity index is 1730. The van der Waals surface area contributed by atoms with Crippen molar-refractivity contribution in [1.29, 1.82) is 0 Å². The summed E-state index contributed by atoms with van der Waals surface area (Å²) in [5, 5.41) is 0. The van der Waals surface area contributed by atoms with Gasteiger partial charge in [-0.3, -0.25) is 4.74 Å². The van der Waals surface area contributed by atoms with Crippen LogP contribution in [-0.2, 0) is 4.52 Å². The summed E-state index contributed by atoms with van der Waals surface area (Å²) in [7, 11) is -7.25. The van der Waals surface area contributed by atoms with E-state index in [0.29, 0.717) is 6.54 Å². The summed E-state index contributed by atoms with van der Waals surface area (Å²) < 4.78 is 72.3. The van der Waals surface area contributed by atoms with E-state index >= 15 is 0 Å². The summed E-state index contributed by atoms with van der Waals surface area (Å²) in [6, 6.07) is 0. The highest BCUT2D eigenvalue weighted by molar-refractivity contribution is 7.61. The summed E-state index contributed by atoms with van der Waals surface area (Å²) in [4.78, 5) is 0. The number of rotatable bonds is 19. The average Bonchev–Trinajstić information content (AvgIpc) is 4.32. The van der Waals surface area contributed by atoms with Crippen LogP contribution in [0.25, 0.3) is 0 Å². The molecule has 0 bridgehead atoms. The molecule has 17 nitrogen and oxygen atoms in total. The molecule has 12 aliphatic rings. The zero-order valence-electron chi connectivity index (χ0n) is 46.6. The van der Waals surface area contributed by atoms with Gasteiger partial charge in [-0.05, 0) is 161 Å². The molecule has 12 aliphatic heterocycles. The molecule has 22 heteroatoms. The molecule has 2 unspecified atom stereocenters. The van der Waals surface area contributed by atoms with Gasteiger partial charge in [0.25, 0.3) is 5.79 Å². The zero-order chi connectivity index (χ0) is 50.1. The van der Waals surface area contributed by atoms with Crippen LogP contribution in [0.4, 0.5) is 0 Å². The maximum absolute atomic E-state index is 7.78. The van der Waals surface area contributed by atoms with E-state index in [1.165, 1.54) is 154 Å². The van der Waals surface area contributed by atoms with Gasteiger partial charge < -0.3 is 4.52 Å². The molecule has 0 radical (unpaired) electrons. The Kier molecular flexibility index (Phi) is 18.2. The van der Waals surface area contributed by atoms with Crippen LogP contribution in [0.15, 0.2) is 19.0 Å². The molecule has 12 rings (SSSR count). The van der Waals surface area contributed by atoms with Crippen molar-refractivity contribution in [2.45, 2.75) is 172 Å².